The number of carbonyl (C=O) groups is 3. The second-order valence-electron chi connectivity index (χ2n) is 6.88. The second-order valence-corrected chi connectivity index (χ2v) is 7.73. The molecule has 3 aromatic rings. The van der Waals surface area contributed by atoms with E-state index in [0.717, 1.165) is 15.6 Å². The molecule has 0 aliphatic rings. The first-order chi connectivity index (χ1) is 14.8. The molecule has 7 nitrogen and oxygen atoms in total. The highest BCUT2D eigenvalue weighted by Gasteiger charge is 2.17. The Balaban J connectivity index is 1.59. The monoisotopic (exact) mass is 484 g/mol. The highest BCUT2D eigenvalue weighted by molar-refractivity contribution is 9.10. The molecular formula is C23H21BrN2O5. The largest absolute Gasteiger partial charge is 0.459 e. The number of aryl methyl sites for hydroxylation is 1. The number of benzene rings is 2. The van der Waals surface area contributed by atoms with Crippen molar-refractivity contribution in [1.29, 1.82) is 0 Å². The summed E-state index contributed by atoms with van der Waals surface area (Å²) in [6.07, 6.45) is 1.40. The van der Waals surface area contributed by atoms with E-state index in [1.54, 1.807) is 38.2 Å². The fraction of sp³-hybridized carbons (Fsp3) is 0.174. The molecule has 0 aliphatic carbocycles. The first-order valence-electron chi connectivity index (χ1n) is 9.45. The molecular weight excluding hydrogens is 464 g/mol. The minimum Gasteiger partial charge on any atom is -0.459 e. The van der Waals surface area contributed by atoms with Gasteiger partial charge in [0.05, 0.1) is 11.8 Å². The lowest BCUT2D eigenvalue weighted by molar-refractivity contribution is -0.133. The van der Waals surface area contributed by atoms with Crippen LogP contribution in [0, 0.1) is 6.92 Å². The van der Waals surface area contributed by atoms with Crippen LogP contribution in [-0.2, 0) is 16.1 Å². The van der Waals surface area contributed by atoms with E-state index in [9.17, 15) is 14.4 Å². The van der Waals surface area contributed by atoms with Crippen LogP contribution in [0.4, 0.5) is 5.69 Å². The van der Waals surface area contributed by atoms with Gasteiger partial charge in [-0.2, -0.15) is 0 Å². The number of furan rings is 1. The number of esters is 1. The van der Waals surface area contributed by atoms with Gasteiger partial charge in [-0.15, -0.1) is 0 Å². The molecule has 0 radical (unpaired) electrons. The number of nitrogens with zero attached hydrogens (tertiary/aromatic N) is 1. The zero-order valence-electron chi connectivity index (χ0n) is 17.1. The standard InChI is InChI=1S/C23H21BrN2O5/c1-15-9-10-16(12-19(15)25-22(28)20-8-5-11-30-20)23(29)31-14-21(27)26(2)13-17-6-3-4-7-18(17)24/h3-12H,13-14H2,1-2H3,(H,25,28). The number of likely N-dealkylation sites (N-methyl/N-ethyl adjacent to an activating group) is 1. The van der Waals surface area contributed by atoms with E-state index in [-0.39, 0.29) is 23.8 Å². The van der Waals surface area contributed by atoms with Crippen molar-refractivity contribution < 1.29 is 23.5 Å². The Hall–Kier alpha value is -3.39. The molecule has 0 saturated heterocycles. The second kappa shape index (κ2) is 10.1. The van der Waals surface area contributed by atoms with Gasteiger partial charge >= 0.3 is 5.97 Å². The minimum atomic E-state index is -0.656. The Morgan fingerprint density at radius 3 is 2.58 bits per heavy atom. The molecule has 1 aromatic heterocycles. The average molecular weight is 485 g/mol. The summed E-state index contributed by atoms with van der Waals surface area (Å²) in [4.78, 5) is 38.5. The highest BCUT2D eigenvalue weighted by Crippen LogP contribution is 2.20. The third kappa shape index (κ3) is 5.82. The normalized spacial score (nSPS) is 10.4. The number of amides is 2. The Bertz CT molecular complexity index is 1100. The molecule has 2 aromatic carbocycles. The van der Waals surface area contributed by atoms with Gasteiger partial charge in [-0.3, -0.25) is 9.59 Å². The lowest BCUT2D eigenvalue weighted by Gasteiger charge is -2.18. The van der Waals surface area contributed by atoms with Crippen molar-refractivity contribution in [3.8, 4) is 0 Å². The van der Waals surface area contributed by atoms with E-state index in [1.807, 2.05) is 24.3 Å². The van der Waals surface area contributed by atoms with Crippen LogP contribution < -0.4 is 5.32 Å². The van der Waals surface area contributed by atoms with E-state index in [2.05, 4.69) is 21.2 Å². The maximum Gasteiger partial charge on any atom is 0.338 e. The Morgan fingerprint density at radius 2 is 1.87 bits per heavy atom. The van der Waals surface area contributed by atoms with Gasteiger partial charge in [-0.1, -0.05) is 40.2 Å². The molecule has 8 heteroatoms. The molecule has 1 N–H and O–H groups in total. The molecule has 0 unspecified atom stereocenters. The number of hydrogen-bond acceptors (Lipinski definition) is 5. The minimum absolute atomic E-state index is 0.158. The van der Waals surface area contributed by atoms with Crippen LogP contribution in [0.1, 0.15) is 32.0 Å². The SMILES string of the molecule is Cc1ccc(C(=O)OCC(=O)N(C)Cc2ccccc2Br)cc1NC(=O)c1ccco1. The molecule has 3 rings (SSSR count). The molecule has 31 heavy (non-hydrogen) atoms. The van der Waals surface area contributed by atoms with Gasteiger partial charge in [0, 0.05) is 23.8 Å². The number of rotatable bonds is 7. The third-order valence-corrected chi connectivity index (χ3v) is 5.36. The summed E-state index contributed by atoms with van der Waals surface area (Å²) in [6.45, 7) is 1.79. The lowest BCUT2D eigenvalue weighted by atomic mass is 10.1. The summed E-state index contributed by atoms with van der Waals surface area (Å²) in [5.74, 6) is -1.26. The van der Waals surface area contributed by atoms with Gasteiger partial charge in [-0.05, 0) is 48.4 Å². The van der Waals surface area contributed by atoms with Crippen LogP contribution in [0.15, 0.2) is 69.8 Å². The van der Waals surface area contributed by atoms with Gasteiger partial charge in [0.25, 0.3) is 11.8 Å². The number of halogens is 1. The van der Waals surface area contributed by atoms with Gasteiger partial charge in [0.15, 0.2) is 12.4 Å². The average Bonchev–Trinajstić information content (AvgIpc) is 3.30. The molecule has 2 amide bonds. The van der Waals surface area contributed by atoms with Crippen molar-refractivity contribution in [1.82, 2.24) is 4.90 Å². The first-order valence-corrected chi connectivity index (χ1v) is 10.2. The summed E-state index contributed by atoms with van der Waals surface area (Å²) in [5.41, 5.74) is 2.38. The zero-order chi connectivity index (χ0) is 22.4. The van der Waals surface area contributed by atoms with E-state index in [4.69, 9.17) is 9.15 Å². The van der Waals surface area contributed by atoms with Crippen molar-refractivity contribution in [3.63, 3.8) is 0 Å². The lowest BCUT2D eigenvalue weighted by Crippen LogP contribution is -2.31. The molecule has 0 saturated carbocycles. The smallest absolute Gasteiger partial charge is 0.338 e. The predicted octanol–water partition coefficient (Wildman–Crippen LogP) is 4.42. The third-order valence-electron chi connectivity index (χ3n) is 4.58. The Labute approximate surface area is 188 Å². The Kier molecular flexibility index (Phi) is 7.25. The van der Waals surface area contributed by atoms with Crippen molar-refractivity contribution in [3.05, 3.63) is 87.8 Å². The van der Waals surface area contributed by atoms with Crippen molar-refractivity contribution >= 4 is 39.4 Å². The summed E-state index contributed by atoms with van der Waals surface area (Å²) >= 11 is 3.45. The highest BCUT2D eigenvalue weighted by atomic mass is 79.9. The number of anilines is 1. The van der Waals surface area contributed by atoms with Crippen molar-refractivity contribution in [2.75, 3.05) is 19.0 Å². The molecule has 1 heterocycles. The van der Waals surface area contributed by atoms with Crippen molar-refractivity contribution in [2.45, 2.75) is 13.5 Å². The molecule has 0 bridgehead atoms. The quantitative estimate of drug-likeness (QED) is 0.501. The summed E-state index contributed by atoms with van der Waals surface area (Å²) in [5, 5.41) is 2.70. The van der Waals surface area contributed by atoms with Gasteiger partial charge < -0.3 is 19.4 Å². The fourth-order valence-corrected chi connectivity index (χ4v) is 3.18. The van der Waals surface area contributed by atoms with Crippen LogP contribution in [0.25, 0.3) is 0 Å². The molecule has 0 atom stereocenters. The summed E-state index contributed by atoms with van der Waals surface area (Å²) in [7, 11) is 1.64. The van der Waals surface area contributed by atoms with Gasteiger partial charge in [0.2, 0.25) is 0 Å². The topological polar surface area (TPSA) is 88.9 Å². The van der Waals surface area contributed by atoms with Crippen LogP contribution >= 0.6 is 15.9 Å². The number of carbonyl (C=O) groups excluding carboxylic acids is 3. The van der Waals surface area contributed by atoms with Crippen LogP contribution in [0.5, 0.6) is 0 Å². The molecule has 0 aliphatic heterocycles. The zero-order valence-corrected chi connectivity index (χ0v) is 18.6. The summed E-state index contributed by atoms with van der Waals surface area (Å²) in [6, 6.07) is 15.5. The Morgan fingerprint density at radius 1 is 1.10 bits per heavy atom. The van der Waals surface area contributed by atoms with E-state index in [1.165, 1.54) is 17.2 Å². The number of nitrogens with one attached hydrogen (secondary N) is 1. The maximum atomic E-state index is 12.4. The first kappa shape index (κ1) is 22.3. The van der Waals surface area contributed by atoms with Crippen molar-refractivity contribution in [2.24, 2.45) is 0 Å². The van der Waals surface area contributed by atoms with Crippen LogP contribution in [0.3, 0.4) is 0 Å². The predicted molar refractivity (Wildman–Crippen MR) is 119 cm³/mol. The van der Waals surface area contributed by atoms with Crippen LogP contribution in [0.2, 0.25) is 0 Å². The fourth-order valence-electron chi connectivity index (χ4n) is 2.77. The maximum absolute atomic E-state index is 12.4. The van der Waals surface area contributed by atoms with E-state index in [0.29, 0.717) is 12.2 Å². The summed E-state index contributed by atoms with van der Waals surface area (Å²) < 4.78 is 11.2. The molecule has 160 valence electrons. The van der Waals surface area contributed by atoms with Gasteiger partial charge in [0.1, 0.15) is 0 Å². The molecule has 0 spiro atoms. The number of ether oxygens (including phenoxy) is 1. The van der Waals surface area contributed by atoms with Crippen LogP contribution in [-0.4, -0.2) is 36.3 Å². The van der Waals surface area contributed by atoms with E-state index < -0.39 is 11.9 Å². The van der Waals surface area contributed by atoms with Gasteiger partial charge in [-0.25, -0.2) is 4.79 Å². The number of hydrogen-bond donors (Lipinski definition) is 1. The molecule has 0 fully saturated rings. The van der Waals surface area contributed by atoms with E-state index >= 15 is 0 Å².